The minimum absolute atomic E-state index is 0.344. The summed E-state index contributed by atoms with van der Waals surface area (Å²) in [5.41, 5.74) is 1.21. The van der Waals surface area contributed by atoms with E-state index in [1.54, 1.807) is 7.11 Å². The highest BCUT2D eigenvalue weighted by molar-refractivity contribution is 4.99. The first kappa shape index (κ1) is 11.2. The summed E-state index contributed by atoms with van der Waals surface area (Å²) in [4.78, 5) is 4.15. The van der Waals surface area contributed by atoms with Crippen molar-refractivity contribution >= 4 is 0 Å². The van der Waals surface area contributed by atoms with E-state index in [9.17, 15) is 0 Å². The maximum absolute atomic E-state index is 5.12. The first-order valence-electron chi connectivity index (χ1n) is 5.00. The molecule has 14 heavy (non-hydrogen) atoms. The molecule has 1 N–H and O–H groups in total. The van der Waals surface area contributed by atoms with E-state index in [1.165, 1.54) is 5.69 Å². The Balaban J connectivity index is 2.61. The second-order valence-corrected chi connectivity index (χ2v) is 3.38. The fourth-order valence-electron chi connectivity index (χ4n) is 1.44. The molecule has 0 saturated carbocycles. The van der Waals surface area contributed by atoms with Crippen molar-refractivity contribution in [3.8, 4) is 0 Å². The Kier molecular flexibility index (Phi) is 4.62. The highest BCUT2D eigenvalue weighted by Gasteiger charge is 2.08. The second-order valence-electron chi connectivity index (χ2n) is 3.38. The van der Waals surface area contributed by atoms with Crippen LogP contribution in [-0.4, -0.2) is 29.8 Å². The van der Waals surface area contributed by atoms with Crippen LogP contribution in [-0.2, 0) is 11.3 Å². The van der Waals surface area contributed by atoms with Crippen LogP contribution in [0, 0.1) is 0 Å². The Morgan fingerprint density at radius 1 is 1.64 bits per heavy atom. The average Bonchev–Trinajstić information content (AvgIpc) is 2.63. The zero-order chi connectivity index (χ0) is 10.4. The van der Waals surface area contributed by atoms with Gasteiger partial charge in [0.2, 0.25) is 0 Å². The number of ether oxygens (including phenoxy) is 1. The zero-order valence-corrected chi connectivity index (χ0v) is 9.16. The molecule has 4 nitrogen and oxygen atoms in total. The Hall–Kier alpha value is -0.870. The molecule has 0 saturated heterocycles. The van der Waals surface area contributed by atoms with Crippen LogP contribution in [0.5, 0.6) is 0 Å². The van der Waals surface area contributed by atoms with Gasteiger partial charge >= 0.3 is 0 Å². The number of methoxy groups -OCH3 is 1. The van der Waals surface area contributed by atoms with E-state index in [0.29, 0.717) is 6.04 Å². The maximum atomic E-state index is 5.12. The third-order valence-electron chi connectivity index (χ3n) is 2.19. The van der Waals surface area contributed by atoms with Crippen LogP contribution in [0.3, 0.4) is 0 Å². The van der Waals surface area contributed by atoms with Crippen molar-refractivity contribution in [2.45, 2.75) is 26.4 Å². The average molecular weight is 197 g/mol. The Labute approximate surface area is 85.3 Å². The third kappa shape index (κ3) is 2.82. The first-order valence-corrected chi connectivity index (χ1v) is 5.00. The molecule has 0 aliphatic heterocycles. The summed E-state index contributed by atoms with van der Waals surface area (Å²) in [5, 5.41) is 3.29. The molecule has 1 heterocycles. The summed E-state index contributed by atoms with van der Waals surface area (Å²) >= 11 is 0. The Morgan fingerprint density at radius 3 is 3.07 bits per heavy atom. The molecule has 0 spiro atoms. The minimum atomic E-state index is 0.344. The number of rotatable bonds is 6. The van der Waals surface area contributed by atoms with E-state index in [4.69, 9.17) is 4.74 Å². The molecule has 1 aromatic heterocycles. The van der Waals surface area contributed by atoms with Gasteiger partial charge in [-0.3, -0.25) is 0 Å². The van der Waals surface area contributed by atoms with Crippen LogP contribution in [0.15, 0.2) is 12.5 Å². The number of nitrogens with zero attached hydrogens (tertiary/aromatic N) is 2. The lowest BCUT2D eigenvalue weighted by atomic mass is 10.3. The van der Waals surface area contributed by atoms with Crippen LogP contribution in [0.25, 0.3) is 0 Å². The number of hydrogen-bond donors (Lipinski definition) is 1. The summed E-state index contributed by atoms with van der Waals surface area (Å²) in [5.74, 6) is 0. The second kappa shape index (κ2) is 5.78. The predicted octanol–water partition coefficient (Wildman–Crippen LogP) is 1.20. The van der Waals surface area contributed by atoms with Gasteiger partial charge in [0.1, 0.15) is 0 Å². The predicted molar refractivity (Wildman–Crippen MR) is 56.2 cm³/mol. The van der Waals surface area contributed by atoms with E-state index in [1.807, 2.05) is 12.5 Å². The lowest BCUT2D eigenvalue weighted by Gasteiger charge is -2.15. The molecule has 0 aliphatic carbocycles. The molecule has 0 radical (unpaired) electrons. The quantitative estimate of drug-likeness (QED) is 0.744. The largest absolute Gasteiger partial charge is 0.383 e. The van der Waals surface area contributed by atoms with Gasteiger partial charge in [0.25, 0.3) is 0 Å². The summed E-state index contributed by atoms with van der Waals surface area (Å²) in [6, 6.07) is 0.344. The number of imidazole rings is 1. The van der Waals surface area contributed by atoms with E-state index in [-0.39, 0.29) is 0 Å². The van der Waals surface area contributed by atoms with Gasteiger partial charge in [-0.05, 0) is 13.5 Å². The lowest BCUT2D eigenvalue weighted by Crippen LogP contribution is -2.18. The summed E-state index contributed by atoms with van der Waals surface area (Å²) in [7, 11) is 1.72. The van der Waals surface area contributed by atoms with Gasteiger partial charge in [-0.25, -0.2) is 4.98 Å². The molecule has 80 valence electrons. The van der Waals surface area contributed by atoms with Gasteiger partial charge in [-0.2, -0.15) is 0 Å². The molecule has 1 rings (SSSR count). The van der Waals surface area contributed by atoms with E-state index in [2.05, 4.69) is 28.7 Å². The van der Waals surface area contributed by atoms with Crippen LogP contribution >= 0.6 is 0 Å². The molecule has 0 fully saturated rings. The van der Waals surface area contributed by atoms with Crippen molar-refractivity contribution in [3.05, 3.63) is 18.2 Å². The van der Waals surface area contributed by atoms with Crippen LogP contribution in [0.2, 0.25) is 0 Å². The van der Waals surface area contributed by atoms with Crippen molar-refractivity contribution in [1.82, 2.24) is 14.9 Å². The van der Waals surface area contributed by atoms with Gasteiger partial charge in [0.15, 0.2) is 0 Å². The molecular formula is C10H19N3O. The fraction of sp³-hybridized carbons (Fsp3) is 0.700. The lowest BCUT2D eigenvalue weighted by molar-refractivity contribution is 0.161. The summed E-state index contributed by atoms with van der Waals surface area (Å²) in [6.07, 6.45) is 3.76. The van der Waals surface area contributed by atoms with Crippen molar-refractivity contribution in [3.63, 3.8) is 0 Å². The van der Waals surface area contributed by atoms with Gasteiger partial charge in [0, 0.05) is 19.9 Å². The van der Waals surface area contributed by atoms with Gasteiger partial charge in [-0.1, -0.05) is 6.92 Å². The summed E-state index contributed by atoms with van der Waals surface area (Å²) in [6.45, 7) is 6.78. The topological polar surface area (TPSA) is 39.1 Å². The van der Waals surface area contributed by atoms with E-state index < -0.39 is 0 Å². The monoisotopic (exact) mass is 197 g/mol. The van der Waals surface area contributed by atoms with E-state index in [0.717, 1.165) is 19.7 Å². The molecule has 0 bridgehead atoms. The molecule has 0 amide bonds. The van der Waals surface area contributed by atoms with Crippen LogP contribution in [0.4, 0.5) is 0 Å². The molecule has 4 heteroatoms. The minimum Gasteiger partial charge on any atom is -0.383 e. The van der Waals surface area contributed by atoms with Crippen LogP contribution in [0.1, 0.15) is 25.6 Å². The molecule has 1 aromatic rings. The van der Waals surface area contributed by atoms with Crippen LogP contribution < -0.4 is 5.32 Å². The van der Waals surface area contributed by atoms with Gasteiger partial charge < -0.3 is 14.6 Å². The van der Waals surface area contributed by atoms with Gasteiger partial charge in [0.05, 0.1) is 24.7 Å². The Morgan fingerprint density at radius 2 is 2.43 bits per heavy atom. The highest BCUT2D eigenvalue weighted by atomic mass is 16.5. The van der Waals surface area contributed by atoms with Crippen molar-refractivity contribution < 1.29 is 4.74 Å². The molecule has 1 atom stereocenters. The zero-order valence-electron chi connectivity index (χ0n) is 9.16. The highest BCUT2D eigenvalue weighted by Crippen LogP contribution is 2.09. The number of hydrogen-bond acceptors (Lipinski definition) is 3. The first-order chi connectivity index (χ1) is 6.79. The van der Waals surface area contributed by atoms with Crippen molar-refractivity contribution in [2.75, 3.05) is 20.3 Å². The number of aromatic nitrogens is 2. The molecule has 1 unspecified atom stereocenters. The van der Waals surface area contributed by atoms with E-state index >= 15 is 0 Å². The number of nitrogens with one attached hydrogen (secondary N) is 1. The normalized spacial score (nSPS) is 13.1. The van der Waals surface area contributed by atoms with Crippen molar-refractivity contribution in [2.24, 2.45) is 0 Å². The standard InChI is InChI=1S/C10H19N3O/c1-4-11-5-10-6-12-8-13(10)9(2)7-14-3/h6,8-9,11H,4-5,7H2,1-3H3. The SMILES string of the molecule is CCNCc1cncn1C(C)COC. The molecular weight excluding hydrogens is 178 g/mol. The molecule has 0 aromatic carbocycles. The van der Waals surface area contributed by atoms with Crippen molar-refractivity contribution in [1.29, 1.82) is 0 Å². The summed E-state index contributed by atoms with van der Waals surface area (Å²) < 4.78 is 7.26. The van der Waals surface area contributed by atoms with Gasteiger partial charge in [-0.15, -0.1) is 0 Å². The molecule has 0 aliphatic rings. The Bertz CT molecular complexity index is 260. The fourth-order valence-corrected chi connectivity index (χ4v) is 1.44. The third-order valence-corrected chi connectivity index (χ3v) is 2.19. The maximum Gasteiger partial charge on any atom is 0.0951 e. The smallest absolute Gasteiger partial charge is 0.0951 e.